The molecule has 0 atom stereocenters. The molecule has 20 heavy (non-hydrogen) atoms. The van der Waals surface area contributed by atoms with Gasteiger partial charge in [-0.2, -0.15) is 4.31 Å². The average molecular weight is 330 g/mol. The Labute approximate surface area is 128 Å². The van der Waals surface area contributed by atoms with Crippen molar-refractivity contribution in [3.05, 3.63) is 52.4 Å². The molecule has 108 valence electrons. The van der Waals surface area contributed by atoms with Gasteiger partial charge < -0.3 is 0 Å². The van der Waals surface area contributed by atoms with E-state index in [1.807, 2.05) is 44.2 Å². The van der Waals surface area contributed by atoms with Gasteiger partial charge in [-0.05, 0) is 31.5 Å². The molecular formula is C14H16ClNO2S2. The van der Waals surface area contributed by atoms with Crippen LogP contribution in [0.5, 0.6) is 0 Å². The first-order valence-corrected chi connectivity index (χ1v) is 8.86. The van der Waals surface area contributed by atoms with Gasteiger partial charge >= 0.3 is 0 Å². The van der Waals surface area contributed by atoms with Crippen molar-refractivity contribution in [2.24, 2.45) is 0 Å². The number of nitrogens with zero attached hydrogens (tertiary/aromatic N) is 1. The number of hydrogen-bond donors (Lipinski definition) is 0. The minimum Gasteiger partial charge on any atom is -0.206 e. The molecule has 0 radical (unpaired) electrons. The summed E-state index contributed by atoms with van der Waals surface area (Å²) in [5.41, 5.74) is 0.965. The topological polar surface area (TPSA) is 37.4 Å². The lowest BCUT2D eigenvalue weighted by Crippen LogP contribution is -2.35. The van der Waals surface area contributed by atoms with E-state index in [9.17, 15) is 8.42 Å². The lowest BCUT2D eigenvalue weighted by atomic mass is 10.2. The summed E-state index contributed by atoms with van der Waals surface area (Å²) in [5, 5.41) is 0. The van der Waals surface area contributed by atoms with E-state index in [1.165, 1.54) is 4.31 Å². The van der Waals surface area contributed by atoms with Gasteiger partial charge in [0.25, 0.3) is 10.0 Å². The number of thiophene rings is 1. The SMILES string of the molecule is CC(C)N(Cc1ccccc1)S(=O)(=O)c1ccc(Cl)s1. The highest BCUT2D eigenvalue weighted by atomic mass is 35.5. The number of benzene rings is 1. The Morgan fingerprint density at radius 3 is 2.30 bits per heavy atom. The van der Waals surface area contributed by atoms with Crippen molar-refractivity contribution in [3.63, 3.8) is 0 Å². The van der Waals surface area contributed by atoms with E-state index in [-0.39, 0.29) is 10.3 Å². The molecule has 0 aliphatic heterocycles. The van der Waals surface area contributed by atoms with Gasteiger partial charge in [0.1, 0.15) is 4.21 Å². The molecule has 3 nitrogen and oxygen atoms in total. The maximum absolute atomic E-state index is 12.7. The van der Waals surface area contributed by atoms with Crippen LogP contribution in [0.2, 0.25) is 4.34 Å². The molecule has 0 saturated carbocycles. The first-order chi connectivity index (χ1) is 9.41. The minimum absolute atomic E-state index is 0.124. The highest BCUT2D eigenvalue weighted by molar-refractivity contribution is 7.91. The van der Waals surface area contributed by atoms with Crippen molar-refractivity contribution in [1.29, 1.82) is 0 Å². The van der Waals surface area contributed by atoms with Gasteiger partial charge in [0.15, 0.2) is 0 Å². The summed E-state index contributed by atoms with van der Waals surface area (Å²) < 4.78 is 27.6. The predicted molar refractivity (Wildman–Crippen MR) is 83.6 cm³/mol. The molecule has 0 aliphatic rings. The van der Waals surface area contributed by atoms with Crippen LogP contribution >= 0.6 is 22.9 Å². The van der Waals surface area contributed by atoms with Crippen molar-refractivity contribution >= 4 is 33.0 Å². The fourth-order valence-electron chi connectivity index (χ4n) is 1.86. The first-order valence-electron chi connectivity index (χ1n) is 6.22. The highest BCUT2D eigenvalue weighted by Crippen LogP contribution is 2.29. The van der Waals surface area contributed by atoms with Crippen molar-refractivity contribution in [3.8, 4) is 0 Å². The zero-order chi connectivity index (χ0) is 14.8. The Morgan fingerprint density at radius 1 is 1.15 bits per heavy atom. The summed E-state index contributed by atoms with van der Waals surface area (Å²) in [4.78, 5) is 0. The average Bonchev–Trinajstić information content (AvgIpc) is 2.84. The van der Waals surface area contributed by atoms with Crippen LogP contribution in [0.3, 0.4) is 0 Å². The third-order valence-electron chi connectivity index (χ3n) is 2.87. The lowest BCUT2D eigenvalue weighted by molar-refractivity contribution is 0.349. The molecule has 0 saturated heterocycles. The van der Waals surface area contributed by atoms with Crippen LogP contribution < -0.4 is 0 Å². The molecule has 0 aliphatic carbocycles. The molecule has 0 bridgehead atoms. The van der Waals surface area contributed by atoms with Crippen molar-refractivity contribution in [2.45, 2.75) is 30.6 Å². The van der Waals surface area contributed by atoms with Crippen LogP contribution in [0.25, 0.3) is 0 Å². The number of rotatable bonds is 5. The zero-order valence-electron chi connectivity index (χ0n) is 11.3. The zero-order valence-corrected chi connectivity index (χ0v) is 13.7. The van der Waals surface area contributed by atoms with Crippen LogP contribution in [0.1, 0.15) is 19.4 Å². The number of sulfonamides is 1. The fourth-order valence-corrected chi connectivity index (χ4v) is 5.10. The van der Waals surface area contributed by atoms with Gasteiger partial charge in [-0.15, -0.1) is 11.3 Å². The van der Waals surface area contributed by atoms with Gasteiger partial charge in [0, 0.05) is 12.6 Å². The second-order valence-corrected chi connectivity index (χ2v) is 8.52. The molecule has 0 N–H and O–H groups in total. The summed E-state index contributed by atoms with van der Waals surface area (Å²) >= 11 is 6.93. The van der Waals surface area contributed by atoms with E-state index >= 15 is 0 Å². The Kier molecular flexibility index (Phi) is 4.86. The largest absolute Gasteiger partial charge is 0.253 e. The number of halogens is 1. The Morgan fingerprint density at radius 2 is 1.80 bits per heavy atom. The third kappa shape index (κ3) is 3.41. The molecule has 0 fully saturated rings. The maximum atomic E-state index is 12.7. The van der Waals surface area contributed by atoms with Crippen molar-refractivity contribution in [1.82, 2.24) is 4.31 Å². The van der Waals surface area contributed by atoms with E-state index in [1.54, 1.807) is 12.1 Å². The van der Waals surface area contributed by atoms with Crippen molar-refractivity contribution < 1.29 is 8.42 Å². The standard InChI is InChI=1S/C14H16ClNO2S2/c1-11(2)16(10-12-6-4-3-5-7-12)20(17,18)14-9-8-13(15)19-14/h3-9,11H,10H2,1-2H3. The molecule has 0 amide bonds. The normalized spacial score (nSPS) is 12.2. The lowest BCUT2D eigenvalue weighted by Gasteiger charge is -2.25. The van der Waals surface area contributed by atoms with E-state index in [0.29, 0.717) is 10.9 Å². The van der Waals surface area contributed by atoms with Gasteiger partial charge in [0.05, 0.1) is 4.34 Å². The molecule has 6 heteroatoms. The predicted octanol–water partition coefficient (Wildman–Crippen LogP) is 4.00. The molecule has 1 heterocycles. The molecular weight excluding hydrogens is 314 g/mol. The monoisotopic (exact) mass is 329 g/mol. The summed E-state index contributed by atoms with van der Waals surface area (Å²) in [6, 6.07) is 12.6. The fraction of sp³-hybridized carbons (Fsp3) is 0.286. The maximum Gasteiger partial charge on any atom is 0.253 e. The summed E-state index contributed by atoms with van der Waals surface area (Å²) in [5.74, 6) is 0. The van der Waals surface area contributed by atoms with Crippen molar-refractivity contribution in [2.75, 3.05) is 0 Å². The van der Waals surface area contributed by atoms with Gasteiger partial charge in [-0.25, -0.2) is 8.42 Å². The summed E-state index contributed by atoms with van der Waals surface area (Å²) in [6.07, 6.45) is 0. The van der Waals surface area contributed by atoms with Gasteiger partial charge in [-0.3, -0.25) is 0 Å². The summed E-state index contributed by atoms with van der Waals surface area (Å²) in [7, 11) is -3.51. The summed E-state index contributed by atoms with van der Waals surface area (Å²) in [6.45, 7) is 4.10. The molecule has 1 aromatic carbocycles. The first kappa shape index (κ1) is 15.5. The third-order valence-corrected chi connectivity index (χ3v) is 6.59. The molecule has 0 spiro atoms. The minimum atomic E-state index is -3.51. The van der Waals surface area contributed by atoms with E-state index < -0.39 is 10.0 Å². The highest BCUT2D eigenvalue weighted by Gasteiger charge is 2.28. The molecule has 2 aromatic rings. The second kappa shape index (κ2) is 6.26. The van der Waals surface area contributed by atoms with Crippen LogP contribution in [-0.4, -0.2) is 18.8 Å². The van der Waals surface area contributed by atoms with Gasteiger partial charge in [0.2, 0.25) is 0 Å². The van der Waals surface area contributed by atoms with E-state index in [4.69, 9.17) is 11.6 Å². The van der Waals surface area contributed by atoms with Crippen LogP contribution in [-0.2, 0) is 16.6 Å². The second-order valence-electron chi connectivity index (χ2n) is 4.69. The quantitative estimate of drug-likeness (QED) is 0.831. The molecule has 0 unspecified atom stereocenters. The van der Waals surface area contributed by atoms with E-state index in [0.717, 1.165) is 16.9 Å². The number of hydrogen-bond acceptors (Lipinski definition) is 3. The Hall–Kier alpha value is -0.880. The van der Waals surface area contributed by atoms with Crippen LogP contribution in [0.15, 0.2) is 46.7 Å². The Balaban J connectivity index is 2.33. The smallest absolute Gasteiger partial charge is 0.206 e. The molecule has 2 rings (SSSR count). The van der Waals surface area contributed by atoms with E-state index in [2.05, 4.69) is 0 Å². The van der Waals surface area contributed by atoms with Gasteiger partial charge in [-0.1, -0.05) is 41.9 Å². The Bertz CT molecular complexity index is 665. The van der Waals surface area contributed by atoms with Crippen LogP contribution in [0, 0.1) is 0 Å². The molecule has 1 aromatic heterocycles. The van der Waals surface area contributed by atoms with Crippen LogP contribution in [0.4, 0.5) is 0 Å².